The van der Waals surface area contributed by atoms with Crippen molar-refractivity contribution in [3.63, 3.8) is 0 Å². The average molecular weight is 283 g/mol. The van der Waals surface area contributed by atoms with Crippen LogP contribution in [-0.4, -0.2) is 18.8 Å². The summed E-state index contributed by atoms with van der Waals surface area (Å²) in [5, 5.41) is 14.2. The van der Waals surface area contributed by atoms with Gasteiger partial charge in [0.2, 0.25) is 0 Å². The largest absolute Gasteiger partial charge is 0.496 e. The van der Waals surface area contributed by atoms with Crippen LogP contribution in [0.2, 0.25) is 0 Å². The second kappa shape index (κ2) is 5.88. The van der Waals surface area contributed by atoms with E-state index in [0.717, 1.165) is 29.8 Å². The minimum absolute atomic E-state index is 0.0530. The molecule has 0 bridgehead atoms. The van der Waals surface area contributed by atoms with Gasteiger partial charge in [0.05, 0.1) is 19.3 Å². The molecule has 2 N–H and O–H groups in total. The summed E-state index contributed by atoms with van der Waals surface area (Å²) in [5.41, 5.74) is 4.48. The third-order valence-electron chi connectivity index (χ3n) is 4.22. The molecule has 2 atom stereocenters. The van der Waals surface area contributed by atoms with Crippen molar-refractivity contribution in [3.05, 3.63) is 64.7 Å². The number of hydrogen-bond acceptors (Lipinski definition) is 3. The number of nitrogens with one attached hydrogen (secondary N) is 1. The predicted octanol–water partition coefficient (Wildman–Crippen LogP) is 2.92. The summed E-state index contributed by atoms with van der Waals surface area (Å²) in [6.45, 7) is 2.89. The van der Waals surface area contributed by atoms with Crippen LogP contribution in [-0.2, 0) is 6.42 Å². The van der Waals surface area contributed by atoms with Crippen LogP contribution in [0.5, 0.6) is 5.75 Å². The van der Waals surface area contributed by atoms with E-state index in [0.29, 0.717) is 0 Å². The van der Waals surface area contributed by atoms with Crippen LogP contribution < -0.4 is 10.1 Å². The number of fused-ring (bicyclic) bond motifs is 1. The molecular formula is C18H21NO2. The fraction of sp³-hybridized carbons (Fsp3) is 0.333. The number of aryl methyl sites for hydroxylation is 1. The van der Waals surface area contributed by atoms with Gasteiger partial charge < -0.3 is 15.2 Å². The molecule has 0 fully saturated rings. The molecule has 21 heavy (non-hydrogen) atoms. The highest BCUT2D eigenvalue weighted by atomic mass is 16.5. The first kappa shape index (κ1) is 14.1. The molecule has 1 aliphatic heterocycles. The first-order valence-electron chi connectivity index (χ1n) is 7.34. The molecule has 1 heterocycles. The van der Waals surface area contributed by atoms with Crippen molar-refractivity contribution in [1.29, 1.82) is 0 Å². The third kappa shape index (κ3) is 2.67. The molecule has 3 nitrogen and oxygen atoms in total. The summed E-state index contributed by atoms with van der Waals surface area (Å²) in [7, 11) is 1.66. The van der Waals surface area contributed by atoms with Crippen molar-refractivity contribution in [2.24, 2.45) is 0 Å². The molecule has 2 aromatic carbocycles. The molecule has 2 aromatic rings. The Balaban J connectivity index is 1.92. The van der Waals surface area contributed by atoms with Gasteiger partial charge in [0.25, 0.3) is 0 Å². The van der Waals surface area contributed by atoms with Gasteiger partial charge in [-0.3, -0.25) is 0 Å². The first-order valence-corrected chi connectivity index (χ1v) is 7.34. The Bertz CT molecular complexity index is 639. The maximum absolute atomic E-state index is 10.8. The minimum atomic E-state index is -0.559. The van der Waals surface area contributed by atoms with Gasteiger partial charge in [-0.05, 0) is 54.3 Å². The van der Waals surface area contributed by atoms with Crippen LogP contribution in [0.15, 0.2) is 42.5 Å². The van der Waals surface area contributed by atoms with Gasteiger partial charge in [-0.15, -0.1) is 0 Å². The van der Waals surface area contributed by atoms with Crippen molar-refractivity contribution in [2.45, 2.75) is 25.5 Å². The lowest BCUT2D eigenvalue weighted by Gasteiger charge is -2.31. The van der Waals surface area contributed by atoms with Crippen molar-refractivity contribution < 1.29 is 9.84 Å². The average Bonchev–Trinajstić information content (AvgIpc) is 2.53. The van der Waals surface area contributed by atoms with Crippen LogP contribution in [0.3, 0.4) is 0 Å². The predicted molar refractivity (Wildman–Crippen MR) is 83.6 cm³/mol. The second-order valence-corrected chi connectivity index (χ2v) is 5.55. The number of ether oxygens (including phenoxy) is 1. The zero-order chi connectivity index (χ0) is 14.8. The van der Waals surface area contributed by atoms with Crippen LogP contribution in [0.1, 0.15) is 34.4 Å². The van der Waals surface area contributed by atoms with Gasteiger partial charge in [0, 0.05) is 0 Å². The van der Waals surface area contributed by atoms with Crippen LogP contribution in [0.4, 0.5) is 0 Å². The molecule has 110 valence electrons. The molecule has 2 unspecified atom stereocenters. The summed E-state index contributed by atoms with van der Waals surface area (Å²) in [6.07, 6.45) is 0.456. The Labute approximate surface area is 125 Å². The lowest BCUT2D eigenvalue weighted by atomic mass is 9.88. The number of methoxy groups -OCH3 is 1. The monoisotopic (exact) mass is 283 g/mol. The number of aliphatic hydroxyl groups excluding tert-OH is 1. The van der Waals surface area contributed by atoms with E-state index < -0.39 is 6.10 Å². The molecule has 0 aromatic heterocycles. The highest BCUT2D eigenvalue weighted by Gasteiger charge is 2.27. The Kier molecular flexibility index (Phi) is 3.95. The SMILES string of the molecule is COc1ccc(C(O)C2NCCc3ccccc32)cc1C. The molecule has 0 saturated carbocycles. The second-order valence-electron chi connectivity index (χ2n) is 5.55. The Morgan fingerprint density at radius 2 is 2.05 bits per heavy atom. The summed E-state index contributed by atoms with van der Waals surface area (Å²) < 4.78 is 5.28. The Morgan fingerprint density at radius 1 is 1.24 bits per heavy atom. The molecule has 1 aliphatic rings. The highest BCUT2D eigenvalue weighted by molar-refractivity contribution is 5.40. The van der Waals surface area contributed by atoms with Gasteiger partial charge >= 0.3 is 0 Å². The fourth-order valence-electron chi connectivity index (χ4n) is 3.10. The molecule has 0 saturated heterocycles. The number of hydrogen-bond donors (Lipinski definition) is 2. The van der Waals surface area contributed by atoms with Crippen molar-refractivity contribution in [3.8, 4) is 5.75 Å². The van der Waals surface area contributed by atoms with Gasteiger partial charge in [0.15, 0.2) is 0 Å². The maximum atomic E-state index is 10.8. The lowest BCUT2D eigenvalue weighted by Crippen LogP contribution is -2.33. The van der Waals surface area contributed by atoms with Gasteiger partial charge in [-0.25, -0.2) is 0 Å². The van der Waals surface area contributed by atoms with Gasteiger partial charge in [-0.1, -0.05) is 30.3 Å². The number of benzene rings is 2. The zero-order valence-corrected chi connectivity index (χ0v) is 12.5. The molecule has 0 amide bonds. The van der Waals surface area contributed by atoms with E-state index in [1.54, 1.807) is 7.11 Å². The molecular weight excluding hydrogens is 262 g/mol. The molecule has 0 spiro atoms. The number of aliphatic hydroxyl groups is 1. The zero-order valence-electron chi connectivity index (χ0n) is 12.5. The quantitative estimate of drug-likeness (QED) is 0.910. The lowest BCUT2D eigenvalue weighted by molar-refractivity contribution is 0.125. The first-order chi connectivity index (χ1) is 10.2. The van der Waals surface area contributed by atoms with Crippen molar-refractivity contribution >= 4 is 0 Å². The van der Waals surface area contributed by atoms with Gasteiger partial charge in [-0.2, -0.15) is 0 Å². The third-order valence-corrected chi connectivity index (χ3v) is 4.22. The van der Waals surface area contributed by atoms with E-state index in [1.807, 2.05) is 31.2 Å². The van der Waals surface area contributed by atoms with Gasteiger partial charge in [0.1, 0.15) is 5.75 Å². The van der Waals surface area contributed by atoms with E-state index in [2.05, 4.69) is 23.5 Å². The molecule has 3 heteroatoms. The summed E-state index contributed by atoms with van der Waals surface area (Å²) >= 11 is 0. The van der Waals surface area contributed by atoms with E-state index in [4.69, 9.17) is 4.74 Å². The van der Waals surface area contributed by atoms with Crippen LogP contribution >= 0.6 is 0 Å². The smallest absolute Gasteiger partial charge is 0.121 e. The Morgan fingerprint density at radius 3 is 2.81 bits per heavy atom. The molecule has 0 aliphatic carbocycles. The van der Waals surface area contributed by atoms with Crippen molar-refractivity contribution in [2.75, 3.05) is 13.7 Å². The maximum Gasteiger partial charge on any atom is 0.121 e. The van der Waals surface area contributed by atoms with E-state index in [9.17, 15) is 5.11 Å². The minimum Gasteiger partial charge on any atom is -0.496 e. The summed E-state index contributed by atoms with van der Waals surface area (Å²) in [6, 6.07) is 14.2. The van der Waals surface area contributed by atoms with Crippen molar-refractivity contribution in [1.82, 2.24) is 5.32 Å². The normalized spacial score (nSPS) is 18.9. The number of rotatable bonds is 3. The molecule has 3 rings (SSSR count). The van der Waals surface area contributed by atoms with E-state index in [-0.39, 0.29) is 6.04 Å². The fourth-order valence-corrected chi connectivity index (χ4v) is 3.10. The van der Waals surface area contributed by atoms with E-state index >= 15 is 0 Å². The summed E-state index contributed by atoms with van der Waals surface area (Å²) in [4.78, 5) is 0. The standard InChI is InChI=1S/C18H21NO2/c1-12-11-14(7-8-16(12)21-2)18(20)17-15-6-4-3-5-13(15)9-10-19-17/h3-8,11,17-20H,9-10H2,1-2H3. The van der Waals surface area contributed by atoms with Crippen LogP contribution in [0.25, 0.3) is 0 Å². The van der Waals surface area contributed by atoms with E-state index in [1.165, 1.54) is 11.1 Å². The highest BCUT2D eigenvalue weighted by Crippen LogP contribution is 2.34. The topological polar surface area (TPSA) is 41.5 Å². The molecule has 0 radical (unpaired) electrons. The van der Waals surface area contributed by atoms with Crippen LogP contribution in [0, 0.1) is 6.92 Å². The Hall–Kier alpha value is -1.84. The summed E-state index contributed by atoms with van der Waals surface area (Å²) in [5.74, 6) is 0.850.